The number of nitrogens with two attached hydrogens (primary N) is 2. The Kier molecular flexibility index (Phi) is 3.95. The lowest BCUT2D eigenvalue weighted by molar-refractivity contribution is 0.100. The monoisotopic (exact) mass is 322 g/mol. The molecule has 0 spiro atoms. The molecule has 0 saturated heterocycles. The lowest BCUT2D eigenvalue weighted by Gasteiger charge is -2.11. The number of carbonyl (C=O) groups excluding carboxylic acids is 1. The van der Waals surface area contributed by atoms with E-state index in [0.717, 1.165) is 5.56 Å². The molecule has 0 radical (unpaired) electrons. The third-order valence-electron chi connectivity index (χ3n) is 3.68. The number of amides is 1. The third kappa shape index (κ3) is 2.81. The molecule has 2 aromatic carbocycles. The number of nitrogens with zero attached hydrogens (tertiary/aromatic N) is 2. The van der Waals surface area contributed by atoms with Crippen molar-refractivity contribution in [3.63, 3.8) is 0 Å². The quantitative estimate of drug-likeness (QED) is 0.560. The second-order valence-corrected chi connectivity index (χ2v) is 5.37. The van der Waals surface area contributed by atoms with Crippen LogP contribution in [0.4, 0.5) is 4.39 Å². The molecule has 5 nitrogen and oxygen atoms in total. The largest absolute Gasteiger partial charge is 0.370 e. The fourth-order valence-corrected chi connectivity index (χ4v) is 2.63. The van der Waals surface area contributed by atoms with Crippen LogP contribution < -0.4 is 11.5 Å². The van der Waals surface area contributed by atoms with E-state index in [1.165, 1.54) is 6.07 Å². The van der Waals surface area contributed by atoms with Crippen LogP contribution in [0.3, 0.4) is 0 Å². The van der Waals surface area contributed by atoms with E-state index >= 15 is 0 Å². The first kappa shape index (κ1) is 15.6. The van der Waals surface area contributed by atoms with Gasteiger partial charge in [-0.1, -0.05) is 18.2 Å². The molecule has 4 N–H and O–H groups in total. The number of hydrogen-bond acceptors (Lipinski definition) is 2. The Morgan fingerprint density at radius 1 is 1.17 bits per heavy atom. The summed E-state index contributed by atoms with van der Waals surface area (Å²) in [6.07, 6.45) is 1.68. The van der Waals surface area contributed by atoms with E-state index in [-0.39, 0.29) is 11.8 Å². The van der Waals surface area contributed by atoms with Crippen LogP contribution >= 0.6 is 0 Å². The molecule has 0 aliphatic rings. The molecule has 6 heteroatoms. The van der Waals surface area contributed by atoms with E-state index in [1.807, 2.05) is 6.92 Å². The molecule has 0 atom stereocenters. The number of aliphatic imine (C=N–C) groups is 1. The molecule has 0 aliphatic heterocycles. The van der Waals surface area contributed by atoms with Crippen molar-refractivity contribution in [3.8, 4) is 11.1 Å². The van der Waals surface area contributed by atoms with Gasteiger partial charge in [-0.15, -0.1) is 0 Å². The molecule has 0 unspecified atom stereocenters. The lowest BCUT2D eigenvalue weighted by Crippen LogP contribution is -2.24. The van der Waals surface area contributed by atoms with Crippen LogP contribution in [-0.2, 0) is 0 Å². The fraction of sp³-hybridized carbons (Fsp3) is 0.0556. The Morgan fingerprint density at radius 3 is 2.62 bits per heavy atom. The first-order valence-corrected chi connectivity index (χ1v) is 7.25. The zero-order valence-electron chi connectivity index (χ0n) is 13.0. The van der Waals surface area contributed by atoms with Crippen LogP contribution in [0.15, 0.2) is 53.7 Å². The Morgan fingerprint density at radius 2 is 1.92 bits per heavy atom. The Bertz CT molecular complexity index is 978. The second-order valence-electron chi connectivity index (χ2n) is 5.37. The molecular weight excluding hydrogens is 307 g/mol. The minimum atomic E-state index is -0.558. The average Bonchev–Trinajstić information content (AvgIpc) is 2.54. The Hall–Kier alpha value is -3.28. The number of pyridine rings is 1. The summed E-state index contributed by atoms with van der Waals surface area (Å²) in [5.41, 5.74) is 13.4. The Labute approximate surface area is 137 Å². The van der Waals surface area contributed by atoms with Crippen LogP contribution in [0.5, 0.6) is 0 Å². The summed E-state index contributed by atoms with van der Waals surface area (Å²) in [6.45, 7) is 1.85. The van der Waals surface area contributed by atoms with Gasteiger partial charge in [0.25, 0.3) is 5.91 Å². The molecule has 0 aliphatic carbocycles. The number of aromatic nitrogens is 1. The van der Waals surface area contributed by atoms with Crippen molar-refractivity contribution in [2.24, 2.45) is 16.5 Å². The molecule has 0 bridgehead atoms. The van der Waals surface area contributed by atoms with Crippen LogP contribution in [0, 0.1) is 12.7 Å². The summed E-state index contributed by atoms with van der Waals surface area (Å²) in [4.78, 5) is 19.9. The third-order valence-corrected chi connectivity index (χ3v) is 3.68. The molecule has 24 heavy (non-hydrogen) atoms. The topological polar surface area (TPSA) is 94.4 Å². The van der Waals surface area contributed by atoms with E-state index < -0.39 is 5.91 Å². The standard InChI is InChI=1S/C18H15FN4O/c1-10-9-22-15-7-6-11(17(24)23-18(20)21)8-13(15)16(10)12-4-2-3-5-14(12)19/h2-9H,1H3,(H4,20,21,23,24). The smallest absolute Gasteiger partial charge is 0.280 e. The van der Waals surface area contributed by atoms with Crippen molar-refractivity contribution in [1.29, 1.82) is 0 Å². The van der Waals surface area contributed by atoms with E-state index in [9.17, 15) is 9.18 Å². The minimum absolute atomic E-state index is 0.306. The van der Waals surface area contributed by atoms with Crippen molar-refractivity contribution in [3.05, 3.63) is 65.6 Å². The summed E-state index contributed by atoms with van der Waals surface area (Å²) in [5, 5.41) is 0.664. The van der Waals surface area contributed by atoms with Crippen LogP contribution in [0.25, 0.3) is 22.0 Å². The number of benzene rings is 2. The average molecular weight is 322 g/mol. The minimum Gasteiger partial charge on any atom is -0.370 e. The van der Waals surface area contributed by atoms with Gasteiger partial charge in [-0.2, -0.15) is 4.99 Å². The van der Waals surface area contributed by atoms with E-state index in [0.29, 0.717) is 27.6 Å². The summed E-state index contributed by atoms with van der Waals surface area (Å²) in [5.74, 6) is -1.20. The van der Waals surface area contributed by atoms with Crippen LogP contribution in [0.2, 0.25) is 0 Å². The molecule has 0 fully saturated rings. The second kappa shape index (κ2) is 6.08. The molecular formula is C18H15FN4O. The van der Waals surface area contributed by atoms with Gasteiger partial charge in [0, 0.05) is 22.7 Å². The van der Waals surface area contributed by atoms with Gasteiger partial charge in [-0.25, -0.2) is 4.39 Å². The van der Waals surface area contributed by atoms with Crippen molar-refractivity contribution in [2.45, 2.75) is 6.92 Å². The van der Waals surface area contributed by atoms with Crippen LogP contribution in [-0.4, -0.2) is 16.9 Å². The van der Waals surface area contributed by atoms with E-state index in [2.05, 4.69) is 9.98 Å². The maximum Gasteiger partial charge on any atom is 0.280 e. The normalized spacial score (nSPS) is 10.6. The van der Waals surface area contributed by atoms with Gasteiger partial charge in [0.1, 0.15) is 5.82 Å². The summed E-state index contributed by atoms with van der Waals surface area (Å²) in [7, 11) is 0. The number of carbonyl (C=O) groups is 1. The number of hydrogen-bond donors (Lipinski definition) is 2. The zero-order valence-corrected chi connectivity index (χ0v) is 13.0. The van der Waals surface area contributed by atoms with Crippen LogP contribution in [0.1, 0.15) is 15.9 Å². The number of rotatable bonds is 2. The molecule has 3 rings (SSSR count). The predicted molar refractivity (Wildman–Crippen MR) is 92.0 cm³/mol. The van der Waals surface area contributed by atoms with Crippen molar-refractivity contribution < 1.29 is 9.18 Å². The molecule has 1 aromatic heterocycles. The highest BCUT2D eigenvalue weighted by Gasteiger charge is 2.14. The van der Waals surface area contributed by atoms with Crippen molar-refractivity contribution in [1.82, 2.24) is 4.98 Å². The lowest BCUT2D eigenvalue weighted by atomic mass is 9.95. The number of aryl methyl sites for hydroxylation is 1. The summed E-state index contributed by atoms with van der Waals surface area (Å²) < 4.78 is 14.3. The molecule has 1 heterocycles. The first-order valence-electron chi connectivity index (χ1n) is 7.25. The SMILES string of the molecule is Cc1cnc2ccc(C(=O)N=C(N)N)cc2c1-c1ccccc1F. The van der Waals surface area contributed by atoms with Gasteiger partial charge in [0.2, 0.25) is 0 Å². The highest BCUT2D eigenvalue weighted by Crippen LogP contribution is 2.33. The molecule has 120 valence electrons. The highest BCUT2D eigenvalue weighted by molar-refractivity contribution is 6.06. The molecule has 3 aromatic rings. The zero-order chi connectivity index (χ0) is 17.3. The number of guanidine groups is 1. The van der Waals surface area contributed by atoms with Gasteiger partial charge in [-0.05, 0) is 42.3 Å². The highest BCUT2D eigenvalue weighted by atomic mass is 19.1. The summed E-state index contributed by atoms with van der Waals surface area (Å²) in [6, 6.07) is 11.4. The summed E-state index contributed by atoms with van der Waals surface area (Å²) >= 11 is 0. The maximum atomic E-state index is 14.3. The van der Waals surface area contributed by atoms with Gasteiger partial charge >= 0.3 is 0 Å². The van der Waals surface area contributed by atoms with E-state index in [1.54, 1.807) is 42.6 Å². The first-order chi connectivity index (χ1) is 11.5. The van der Waals surface area contributed by atoms with Gasteiger partial charge in [-0.3, -0.25) is 9.78 Å². The van der Waals surface area contributed by atoms with Gasteiger partial charge in [0.05, 0.1) is 5.52 Å². The van der Waals surface area contributed by atoms with Gasteiger partial charge in [0.15, 0.2) is 5.96 Å². The fourth-order valence-electron chi connectivity index (χ4n) is 2.63. The number of halogens is 1. The molecule has 0 saturated carbocycles. The van der Waals surface area contributed by atoms with E-state index in [4.69, 9.17) is 11.5 Å². The predicted octanol–water partition coefficient (Wildman–Crippen LogP) is 2.76. The van der Waals surface area contributed by atoms with Gasteiger partial charge < -0.3 is 11.5 Å². The Balaban J connectivity index is 2.29. The molecule has 1 amide bonds. The maximum absolute atomic E-state index is 14.3. The van der Waals surface area contributed by atoms with Crippen molar-refractivity contribution in [2.75, 3.05) is 0 Å². The van der Waals surface area contributed by atoms with Crippen molar-refractivity contribution >= 4 is 22.8 Å². The number of fused-ring (bicyclic) bond motifs is 1.